The van der Waals surface area contributed by atoms with E-state index >= 15 is 0 Å². The molecule has 0 aliphatic heterocycles. The fourth-order valence-corrected chi connectivity index (χ4v) is 13.5. The third kappa shape index (κ3) is 69.5. The molecule has 0 aliphatic carbocycles. The van der Waals surface area contributed by atoms with Gasteiger partial charge in [-0.2, -0.15) is 0 Å². The molecular formula is C78H152O17P2. The van der Waals surface area contributed by atoms with Crippen LogP contribution in [0.5, 0.6) is 0 Å². The molecule has 0 saturated carbocycles. The Morgan fingerprint density at radius 2 is 0.495 bits per heavy atom. The minimum absolute atomic E-state index is 0.107. The number of rotatable bonds is 77. The highest BCUT2D eigenvalue weighted by Crippen LogP contribution is 2.45. The van der Waals surface area contributed by atoms with Gasteiger partial charge < -0.3 is 33.8 Å². The van der Waals surface area contributed by atoms with E-state index in [1.54, 1.807) is 0 Å². The van der Waals surface area contributed by atoms with Gasteiger partial charge in [-0.25, -0.2) is 9.13 Å². The van der Waals surface area contributed by atoms with Crippen LogP contribution in [0.25, 0.3) is 0 Å². The summed E-state index contributed by atoms with van der Waals surface area (Å²) in [6, 6.07) is 0. The zero-order valence-electron chi connectivity index (χ0n) is 63.4. The van der Waals surface area contributed by atoms with E-state index in [0.29, 0.717) is 25.7 Å². The van der Waals surface area contributed by atoms with Crippen molar-refractivity contribution < 1.29 is 80.2 Å². The van der Waals surface area contributed by atoms with Crippen molar-refractivity contribution in [2.24, 2.45) is 11.8 Å². The molecule has 4 unspecified atom stereocenters. The van der Waals surface area contributed by atoms with Gasteiger partial charge in [0.25, 0.3) is 0 Å². The second-order valence-corrected chi connectivity index (χ2v) is 31.5. The minimum Gasteiger partial charge on any atom is -0.462 e. The molecule has 0 heterocycles. The maximum Gasteiger partial charge on any atom is 0.472 e. The molecule has 0 fully saturated rings. The summed E-state index contributed by atoms with van der Waals surface area (Å²) in [6.07, 6.45) is 58.1. The summed E-state index contributed by atoms with van der Waals surface area (Å²) in [5, 5.41) is 10.6. The number of aliphatic hydroxyl groups excluding tert-OH is 1. The lowest BCUT2D eigenvalue weighted by atomic mass is 9.99. The summed E-state index contributed by atoms with van der Waals surface area (Å²) < 4.78 is 68.5. The van der Waals surface area contributed by atoms with Crippen molar-refractivity contribution in [2.45, 2.75) is 426 Å². The van der Waals surface area contributed by atoms with E-state index in [1.165, 1.54) is 225 Å². The van der Waals surface area contributed by atoms with Crippen LogP contribution < -0.4 is 0 Å². The van der Waals surface area contributed by atoms with Crippen LogP contribution in [-0.2, 0) is 65.4 Å². The zero-order chi connectivity index (χ0) is 71.4. The van der Waals surface area contributed by atoms with E-state index in [4.69, 9.17) is 37.0 Å². The van der Waals surface area contributed by atoms with Crippen LogP contribution in [0.2, 0.25) is 0 Å². The molecule has 0 bridgehead atoms. The molecule has 97 heavy (non-hydrogen) atoms. The SMILES string of the molecule is CCCCCCCCCCCCCC(=O)O[C@H](COC(=O)CCCCCCCCCCCC)COP(=O)(O)OC[C@H](O)COP(=O)(O)OC[C@@H](COC(=O)CCCCCCCCCCCCC(C)CC)OC(=O)CCCCCCCCCCCCCCCCCCCCC(C)CC. The Morgan fingerprint density at radius 3 is 0.732 bits per heavy atom. The smallest absolute Gasteiger partial charge is 0.462 e. The first kappa shape index (κ1) is 95.1. The van der Waals surface area contributed by atoms with Crippen LogP contribution in [0.3, 0.4) is 0 Å². The minimum atomic E-state index is -4.96. The number of unbranched alkanes of at least 4 members (excludes halogenated alkanes) is 45. The van der Waals surface area contributed by atoms with Gasteiger partial charge in [-0.05, 0) is 37.5 Å². The van der Waals surface area contributed by atoms with Gasteiger partial charge in [0.2, 0.25) is 0 Å². The largest absolute Gasteiger partial charge is 0.472 e. The van der Waals surface area contributed by atoms with Crippen molar-refractivity contribution in [1.29, 1.82) is 0 Å². The maximum atomic E-state index is 13.1. The van der Waals surface area contributed by atoms with E-state index in [0.717, 1.165) is 102 Å². The van der Waals surface area contributed by atoms with Crippen LogP contribution >= 0.6 is 15.6 Å². The third-order valence-electron chi connectivity index (χ3n) is 18.9. The molecule has 3 N–H and O–H groups in total. The molecular weight excluding hydrogens is 1270 g/mol. The summed E-state index contributed by atoms with van der Waals surface area (Å²) in [7, 11) is -9.91. The van der Waals surface area contributed by atoms with Crippen LogP contribution in [-0.4, -0.2) is 96.7 Å². The molecule has 0 radical (unpaired) electrons. The summed E-state index contributed by atoms with van der Waals surface area (Å²) in [6.45, 7) is 9.69. The van der Waals surface area contributed by atoms with Gasteiger partial charge in [-0.3, -0.25) is 37.3 Å². The maximum absolute atomic E-state index is 13.1. The van der Waals surface area contributed by atoms with E-state index in [-0.39, 0.29) is 25.7 Å². The molecule has 0 spiro atoms. The predicted molar refractivity (Wildman–Crippen MR) is 395 cm³/mol. The number of aliphatic hydroxyl groups is 1. The zero-order valence-corrected chi connectivity index (χ0v) is 65.2. The van der Waals surface area contributed by atoms with Crippen molar-refractivity contribution in [3.05, 3.63) is 0 Å². The number of hydrogen-bond acceptors (Lipinski definition) is 15. The van der Waals surface area contributed by atoms with Gasteiger partial charge in [-0.1, -0.05) is 356 Å². The third-order valence-corrected chi connectivity index (χ3v) is 20.8. The fraction of sp³-hybridized carbons (Fsp3) is 0.949. The molecule has 19 heteroatoms. The summed E-state index contributed by atoms with van der Waals surface area (Å²) in [5.74, 6) is -0.432. The lowest BCUT2D eigenvalue weighted by molar-refractivity contribution is -0.161. The van der Waals surface area contributed by atoms with Gasteiger partial charge in [0, 0.05) is 25.7 Å². The van der Waals surface area contributed by atoms with Crippen LogP contribution in [0.1, 0.15) is 408 Å². The molecule has 0 aliphatic rings. The Kier molecular flexibility index (Phi) is 68.4. The predicted octanol–water partition coefficient (Wildman–Crippen LogP) is 23.1. The molecule has 576 valence electrons. The second kappa shape index (κ2) is 69.8. The highest BCUT2D eigenvalue weighted by atomic mass is 31.2. The molecule has 0 aromatic rings. The van der Waals surface area contributed by atoms with Gasteiger partial charge in [0.1, 0.15) is 19.3 Å². The Labute approximate surface area is 594 Å². The number of phosphoric ester groups is 2. The first-order valence-electron chi connectivity index (χ1n) is 40.6. The first-order chi connectivity index (χ1) is 46.9. The van der Waals surface area contributed by atoms with E-state index in [9.17, 15) is 43.2 Å². The average Bonchev–Trinajstić information content (AvgIpc) is 2.56. The fourth-order valence-electron chi connectivity index (χ4n) is 11.9. The molecule has 0 aromatic heterocycles. The Morgan fingerprint density at radius 1 is 0.289 bits per heavy atom. The standard InChI is InChI=1S/C78H152O17P2/c1-7-11-13-15-17-19-29-38-44-50-56-62-77(82)94-73(66-88-75(80)60-54-48-42-36-20-18-16-14-12-8-2)68-92-96(84,85)90-64-72(79)65-91-97(86,87)93-69-74(67-89-76(81)61-55-49-43-37-33-32-35-41-47-53-59-71(6)10-4)95-78(83)63-57-51-45-39-31-28-26-24-22-21-23-25-27-30-34-40-46-52-58-70(5)9-3/h70-74,79H,7-69H2,1-6H3,(H,84,85)(H,86,87)/t70?,71?,72-,73+,74+/m0/s1. The highest BCUT2D eigenvalue weighted by molar-refractivity contribution is 7.47. The van der Waals surface area contributed by atoms with Crippen LogP contribution in [0.4, 0.5) is 0 Å². The molecule has 17 nitrogen and oxygen atoms in total. The summed E-state index contributed by atoms with van der Waals surface area (Å²) in [4.78, 5) is 72.8. The van der Waals surface area contributed by atoms with Gasteiger partial charge in [0.05, 0.1) is 26.4 Å². The number of hydrogen-bond donors (Lipinski definition) is 3. The molecule has 7 atom stereocenters. The van der Waals surface area contributed by atoms with E-state index in [1.807, 2.05) is 0 Å². The van der Waals surface area contributed by atoms with E-state index < -0.39 is 97.5 Å². The molecule has 0 amide bonds. The Bertz CT molecular complexity index is 1880. The first-order valence-corrected chi connectivity index (χ1v) is 43.6. The number of carbonyl (C=O) groups excluding carboxylic acids is 4. The number of esters is 4. The van der Waals surface area contributed by atoms with E-state index in [2.05, 4.69) is 41.5 Å². The quantitative estimate of drug-likeness (QED) is 0.0222. The van der Waals surface area contributed by atoms with Gasteiger partial charge in [-0.15, -0.1) is 0 Å². The second-order valence-electron chi connectivity index (χ2n) is 28.6. The van der Waals surface area contributed by atoms with Crippen molar-refractivity contribution in [3.8, 4) is 0 Å². The lowest BCUT2D eigenvalue weighted by Crippen LogP contribution is -2.30. The summed E-state index contributed by atoms with van der Waals surface area (Å²) in [5.41, 5.74) is 0. The lowest BCUT2D eigenvalue weighted by Gasteiger charge is -2.21. The summed E-state index contributed by atoms with van der Waals surface area (Å²) >= 11 is 0. The monoisotopic (exact) mass is 1420 g/mol. The van der Waals surface area contributed by atoms with Gasteiger partial charge >= 0.3 is 39.5 Å². The Balaban J connectivity index is 5.19. The molecule has 0 saturated heterocycles. The van der Waals surface area contributed by atoms with Crippen molar-refractivity contribution in [3.63, 3.8) is 0 Å². The number of carbonyl (C=O) groups is 4. The highest BCUT2D eigenvalue weighted by Gasteiger charge is 2.30. The molecule has 0 aromatic carbocycles. The number of ether oxygens (including phenoxy) is 4. The van der Waals surface area contributed by atoms with Crippen molar-refractivity contribution in [1.82, 2.24) is 0 Å². The van der Waals surface area contributed by atoms with Crippen LogP contribution in [0.15, 0.2) is 0 Å². The molecule has 0 rings (SSSR count). The van der Waals surface area contributed by atoms with Crippen molar-refractivity contribution in [2.75, 3.05) is 39.6 Å². The van der Waals surface area contributed by atoms with Crippen LogP contribution in [0, 0.1) is 11.8 Å². The Hall–Kier alpha value is -1.94. The number of phosphoric acid groups is 2. The average molecular weight is 1420 g/mol. The van der Waals surface area contributed by atoms with Gasteiger partial charge in [0.15, 0.2) is 12.2 Å². The normalized spacial score (nSPS) is 14.5. The van der Waals surface area contributed by atoms with Crippen molar-refractivity contribution >= 4 is 39.5 Å². The topological polar surface area (TPSA) is 237 Å².